The van der Waals surface area contributed by atoms with Crippen LogP contribution in [-0.4, -0.2) is 70.5 Å². The van der Waals surface area contributed by atoms with Crippen LogP contribution in [0.25, 0.3) is 0 Å². The molecule has 0 aliphatic heterocycles. The van der Waals surface area contributed by atoms with E-state index >= 15 is 0 Å². The summed E-state index contributed by atoms with van der Waals surface area (Å²) in [5.74, 6) is 37.3. The van der Waals surface area contributed by atoms with Gasteiger partial charge in [-0.2, -0.15) is 0 Å². The van der Waals surface area contributed by atoms with Gasteiger partial charge in [-0.25, -0.2) is 28.8 Å². The van der Waals surface area contributed by atoms with Crippen molar-refractivity contribution >= 4 is 59.5 Å². The highest BCUT2D eigenvalue weighted by atomic mass is 127. The summed E-state index contributed by atoms with van der Waals surface area (Å²) >= 11 is 2.10. The molecule has 0 atom stereocenters. The van der Waals surface area contributed by atoms with Crippen molar-refractivity contribution in [1.29, 1.82) is 0 Å². The van der Waals surface area contributed by atoms with Gasteiger partial charge in [0.2, 0.25) is 0 Å². The number of hydrogen-bond donors (Lipinski definition) is 0. The summed E-state index contributed by atoms with van der Waals surface area (Å²) in [5.41, 5.74) is 5.18. The molecule has 0 radical (unpaired) electrons. The van der Waals surface area contributed by atoms with Crippen molar-refractivity contribution in [3.05, 3.63) is 245 Å². The topological polar surface area (TPSA) is 213 Å². The van der Waals surface area contributed by atoms with E-state index in [1.165, 1.54) is 0 Å². The molecule has 0 saturated carbocycles. The van der Waals surface area contributed by atoms with Gasteiger partial charge >= 0.3 is 36.9 Å². The van der Waals surface area contributed by atoms with Crippen LogP contribution in [0, 0.1) is 75.1 Å². The Bertz CT molecular complexity index is 5610. The van der Waals surface area contributed by atoms with Crippen LogP contribution in [0.15, 0.2) is 158 Å². The Morgan fingerprint density at radius 3 is 0.767 bits per heavy atom. The monoisotopic (exact) mass is 1920 g/mol. The van der Waals surface area contributed by atoms with Crippen molar-refractivity contribution in [1.82, 2.24) is 0 Å². The predicted molar refractivity (Wildman–Crippen MR) is 535 cm³/mol. The van der Waals surface area contributed by atoms with E-state index < -0.39 is 70.5 Å². The molecule has 0 spiro atoms. The highest BCUT2D eigenvalue weighted by molar-refractivity contribution is 14.1. The molecule has 0 heterocycles. The smallest absolute Gasteiger partial charge is 0.428 e. The Morgan fingerprint density at radius 2 is 0.489 bits per heavy atom. The number of carbonyl (C=O) groups is 6. The van der Waals surface area contributed by atoms with E-state index in [-0.39, 0.29) is 11.5 Å². The van der Waals surface area contributed by atoms with Crippen molar-refractivity contribution in [3.63, 3.8) is 0 Å². The number of hydrogen-bond acceptors (Lipinski definition) is 18. The minimum Gasteiger partial charge on any atom is -0.428 e. The number of unbranched alkanes of at least 4 members (excludes halogenated alkanes) is 12. The van der Waals surface area contributed by atoms with Crippen LogP contribution in [-0.2, 0) is 54.1 Å². The fourth-order valence-corrected chi connectivity index (χ4v) is 13.2. The van der Waals surface area contributed by atoms with E-state index in [0.29, 0.717) is 98.8 Å². The fourth-order valence-electron chi connectivity index (χ4n) is 12.7. The van der Waals surface area contributed by atoms with Crippen LogP contribution < -0.4 is 28.4 Å². The number of para-hydroxylation sites is 2. The van der Waals surface area contributed by atoms with Crippen LogP contribution in [0.4, 0.5) is 28.8 Å². The van der Waals surface area contributed by atoms with E-state index in [0.717, 1.165) is 140 Å². The molecular weight excluding hydrogens is 1780 g/mol. The number of aryl methyl sites for hydroxylation is 4. The molecule has 0 aliphatic carbocycles. The van der Waals surface area contributed by atoms with Crippen LogP contribution in [0.2, 0.25) is 0 Å². The van der Waals surface area contributed by atoms with E-state index in [2.05, 4.69) is 115 Å². The zero-order chi connectivity index (χ0) is 98.0. The Morgan fingerprint density at radius 1 is 0.256 bits per heavy atom. The Balaban J connectivity index is 0.000000360. The molecule has 0 N–H and O–H groups in total. The summed E-state index contributed by atoms with van der Waals surface area (Å²) in [6, 6.07) is 48.2. The maximum absolute atomic E-state index is 13.4. The second-order valence-corrected chi connectivity index (χ2v) is 38.9. The van der Waals surface area contributed by atoms with Gasteiger partial charge in [0.1, 0.15) is 45.1 Å². The van der Waals surface area contributed by atoms with Crippen LogP contribution in [0.5, 0.6) is 34.5 Å². The van der Waals surface area contributed by atoms with Crippen molar-refractivity contribution in [3.8, 4) is 106 Å². The number of ether oxygens (including phenoxy) is 12. The lowest BCUT2D eigenvalue weighted by molar-refractivity contribution is 0.0190. The molecule has 0 fully saturated rings. The Hall–Kier alpha value is -12.5. The predicted octanol–water partition coefficient (Wildman–Crippen LogP) is 29.0. The standard InChI is InChI=1S/C57H66O9.C46H54O6.C11H13IO3/c1-12-14-16-21-28-45-37-42(32-34-44-27-23-24-30-49(44)61-52(58)64-55(3,4)5)39-48(51(45)63-54(60)66-57(9,10)11)36-33-43-38-46(29-22-17-15-13-2)50(62-53(59)65-56(6,7)8)47(40-43)35-31-41-25-19-18-20-26-41;1-10-13-15-20-24-37-30-34(12-3)31-39(41(37)49-43(47)51-45(4,5)6)29-27-36-32-38(25-21-16-14-11-2)42(50-44(48)52-46(7,8)9)40(33-36)28-26-35-22-18-17-19-23-35;1-11(2,3)15-10(13)14-9-7-5-4-6-8(9)12/h18-20,23-27,30,37-40H,12-17,21-22,28-29H2,1-11H3;3,17-19,22-23,30-33H,10-11,13-16,20-21,24-25H2,1-2,4-9H3;4-7H,1-3H3. The molecule has 0 aliphatic rings. The number of terminal acetylenes is 1. The van der Waals surface area contributed by atoms with Gasteiger partial charge in [-0.3, -0.25) is 0 Å². The van der Waals surface area contributed by atoms with Gasteiger partial charge in [0, 0.05) is 33.4 Å². The number of halogens is 1. The lowest BCUT2D eigenvalue weighted by Gasteiger charge is -2.20. The Kier molecular flexibility index (Phi) is 44.2. The van der Waals surface area contributed by atoms with E-state index in [1.54, 1.807) is 173 Å². The second-order valence-electron chi connectivity index (χ2n) is 37.7. The first-order valence-corrected chi connectivity index (χ1v) is 47.0. The maximum atomic E-state index is 13.4. The summed E-state index contributed by atoms with van der Waals surface area (Å²) in [7, 11) is 0. The Labute approximate surface area is 805 Å². The van der Waals surface area contributed by atoms with Gasteiger partial charge in [0.15, 0.2) is 23.0 Å². The normalized spacial score (nSPS) is 11.0. The third-order valence-electron chi connectivity index (χ3n) is 18.5. The lowest BCUT2D eigenvalue weighted by atomic mass is 9.97. The average Bonchev–Trinajstić information content (AvgIpc) is 0.810. The third-order valence-corrected chi connectivity index (χ3v) is 19.4. The molecule has 0 saturated heterocycles. The van der Waals surface area contributed by atoms with Crippen molar-refractivity contribution in [2.75, 3.05) is 0 Å². The van der Waals surface area contributed by atoms with Crippen molar-refractivity contribution in [2.45, 2.75) is 314 Å². The van der Waals surface area contributed by atoms with Gasteiger partial charge in [0.25, 0.3) is 0 Å². The summed E-state index contributed by atoms with van der Waals surface area (Å²) in [4.78, 5) is 76.6. The number of benzene rings is 8. The number of rotatable bonds is 26. The van der Waals surface area contributed by atoms with E-state index in [1.807, 2.05) is 109 Å². The molecule has 0 bridgehead atoms. The van der Waals surface area contributed by atoms with Crippen LogP contribution in [0.1, 0.15) is 339 Å². The van der Waals surface area contributed by atoms with E-state index in [9.17, 15) is 28.8 Å². The minimum atomic E-state index is -0.858. The maximum Gasteiger partial charge on any atom is 0.514 e. The molecule has 8 aromatic rings. The average molecular weight is 1920 g/mol. The zero-order valence-electron chi connectivity index (χ0n) is 82.0. The van der Waals surface area contributed by atoms with E-state index in [4.69, 9.17) is 63.3 Å². The van der Waals surface area contributed by atoms with Crippen molar-refractivity contribution in [2.24, 2.45) is 0 Å². The largest absolute Gasteiger partial charge is 0.514 e. The van der Waals surface area contributed by atoms with Gasteiger partial charge in [-0.05, 0) is 318 Å². The lowest BCUT2D eigenvalue weighted by Crippen LogP contribution is -2.26. The van der Waals surface area contributed by atoms with Gasteiger partial charge < -0.3 is 56.8 Å². The molecule has 19 heteroatoms. The molecular formula is C114H133IO18. The SMILES string of the molecule is C#Cc1cc(C#Cc2cc(C#Cc3ccccc3)c(OC(=O)OC(C)(C)C)c(CCCCCC)c2)c(OC(=O)OC(C)(C)C)c(CCCCCC)c1.CC(C)(C)OC(=O)Oc1ccccc1I.CCCCCCc1cc(C#Cc2cc(C#Cc3ccccc3OC(=O)OC(C)(C)C)cc(CCCCCC)c2OC(=O)OC(C)(C)C)cc(C#Cc2ccccc2)c1OC(=O)OC(C)(C)C. The quantitative estimate of drug-likeness (QED) is 0.0123. The molecule has 18 nitrogen and oxygen atoms in total. The molecule has 0 unspecified atom stereocenters. The molecule has 133 heavy (non-hydrogen) atoms. The minimum absolute atomic E-state index is 0.250. The van der Waals surface area contributed by atoms with Gasteiger partial charge in [0.05, 0.1) is 31.4 Å². The molecule has 0 aromatic heterocycles. The highest BCUT2D eigenvalue weighted by Crippen LogP contribution is 2.36. The molecule has 8 rings (SSSR count). The first-order valence-electron chi connectivity index (χ1n) is 45.9. The highest BCUT2D eigenvalue weighted by Gasteiger charge is 2.29. The molecule has 0 amide bonds. The van der Waals surface area contributed by atoms with Crippen LogP contribution in [0.3, 0.4) is 0 Å². The zero-order valence-corrected chi connectivity index (χ0v) is 84.1. The van der Waals surface area contributed by atoms with Crippen molar-refractivity contribution < 1.29 is 85.6 Å². The van der Waals surface area contributed by atoms with Gasteiger partial charge in [-0.1, -0.05) is 231 Å². The first kappa shape index (κ1) is 109. The third kappa shape index (κ3) is 43.6. The van der Waals surface area contributed by atoms with Crippen LogP contribution >= 0.6 is 22.6 Å². The second kappa shape index (κ2) is 53.8. The van der Waals surface area contributed by atoms with Gasteiger partial charge in [-0.15, -0.1) is 6.42 Å². The summed E-state index contributed by atoms with van der Waals surface area (Å²) in [6.45, 7) is 40.7. The summed E-state index contributed by atoms with van der Waals surface area (Å²) < 4.78 is 68.1. The number of carbonyl (C=O) groups excluding carboxylic acids is 6. The first-order chi connectivity index (χ1) is 62.8. The summed E-state index contributed by atoms with van der Waals surface area (Å²) in [6.07, 6.45) is 19.7. The molecule has 8 aromatic carbocycles. The fraction of sp³-hybridized carbons (Fsp3) is 0.421. The molecule has 704 valence electrons. The summed E-state index contributed by atoms with van der Waals surface area (Å²) in [5, 5.41) is 0.